The van der Waals surface area contributed by atoms with Crippen molar-refractivity contribution >= 4 is 17.9 Å². The largest absolute Gasteiger partial charge is 0.494 e. The van der Waals surface area contributed by atoms with E-state index in [1.165, 1.54) is 21.3 Å². The third-order valence-electron chi connectivity index (χ3n) is 4.03. The van der Waals surface area contributed by atoms with Crippen molar-refractivity contribution in [2.75, 3.05) is 27.9 Å². The van der Waals surface area contributed by atoms with Gasteiger partial charge in [0.25, 0.3) is 0 Å². The number of hydrogen-bond donors (Lipinski definition) is 0. The second-order valence-corrected chi connectivity index (χ2v) is 5.75. The molecule has 1 aliphatic rings. The Hall–Kier alpha value is -3.48. The third kappa shape index (κ3) is 3.93. The molecule has 0 bridgehead atoms. The Kier molecular flexibility index (Phi) is 5.84. The zero-order valence-electron chi connectivity index (χ0n) is 16.1. The molecule has 3 rings (SSSR count). The number of aliphatic imine (C=N–C) groups is 1. The van der Waals surface area contributed by atoms with Gasteiger partial charge in [0.1, 0.15) is 5.75 Å². The van der Waals surface area contributed by atoms with Crippen molar-refractivity contribution in [2.24, 2.45) is 4.99 Å². The highest BCUT2D eigenvalue weighted by atomic mass is 16.6. The van der Waals surface area contributed by atoms with Crippen LogP contribution in [0.4, 0.5) is 0 Å². The van der Waals surface area contributed by atoms with Crippen LogP contribution in [0.5, 0.6) is 23.0 Å². The lowest BCUT2D eigenvalue weighted by Gasteiger charge is -2.13. The number of nitrogens with zero attached hydrogens (tertiary/aromatic N) is 1. The fraction of sp³-hybridized carbons (Fsp3) is 0.238. The molecule has 0 unspecified atom stereocenters. The highest BCUT2D eigenvalue weighted by Crippen LogP contribution is 2.39. The minimum Gasteiger partial charge on any atom is -0.494 e. The van der Waals surface area contributed by atoms with Gasteiger partial charge < -0.3 is 23.7 Å². The number of carbonyl (C=O) groups excluding carboxylic acids is 1. The summed E-state index contributed by atoms with van der Waals surface area (Å²) in [7, 11) is 4.55. The predicted octanol–water partition coefficient (Wildman–Crippen LogP) is 3.46. The summed E-state index contributed by atoms with van der Waals surface area (Å²) >= 11 is 0. The van der Waals surface area contributed by atoms with E-state index in [1.807, 2.05) is 31.2 Å². The SMILES string of the molecule is CCOc1ccc(/C=C2\N=C(c3cc(OC)c(OC)c(OC)c3)OC2=O)cc1. The van der Waals surface area contributed by atoms with Gasteiger partial charge >= 0.3 is 5.97 Å². The van der Waals surface area contributed by atoms with Crippen LogP contribution in [0.1, 0.15) is 18.1 Å². The Balaban J connectivity index is 1.93. The monoisotopic (exact) mass is 383 g/mol. The van der Waals surface area contributed by atoms with Crippen LogP contribution in [-0.4, -0.2) is 39.8 Å². The molecule has 0 atom stereocenters. The Morgan fingerprint density at radius 1 is 1.00 bits per heavy atom. The van der Waals surface area contributed by atoms with Gasteiger partial charge in [-0.05, 0) is 42.8 Å². The lowest BCUT2D eigenvalue weighted by Crippen LogP contribution is -2.06. The summed E-state index contributed by atoms with van der Waals surface area (Å²) in [6.07, 6.45) is 1.66. The normalized spacial score (nSPS) is 14.5. The summed E-state index contributed by atoms with van der Waals surface area (Å²) in [6, 6.07) is 10.7. The molecule has 1 heterocycles. The van der Waals surface area contributed by atoms with Gasteiger partial charge in [-0.3, -0.25) is 0 Å². The van der Waals surface area contributed by atoms with E-state index in [0.717, 1.165) is 11.3 Å². The van der Waals surface area contributed by atoms with E-state index in [9.17, 15) is 4.79 Å². The van der Waals surface area contributed by atoms with Crippen LogP contribution in [0, 0.1) is 0 Å². The molecule has 0 aromatic heterocycles. The van der Waals surface area contributed by atoms with Crippen LogP contribution >= 0.6 is 0 Å². The van der Waals surface area contributed by atoms with Gasteiger partial charge in [-0.2, -0.15) is 0 Å². The molecule has 7 heteroatoms. The molecule has 2 aromatic carbocycles. The maximum Gasteiger partial charge on any atom is 0.363 e. The van der Waals surface area contributed by atoms with Crippen LogP contribution in [0.3, 0.4) is 0 Å². The van der Waals surface area contributed by atoms with E-state index in [-0.39, 0.29) is 11.6 Å². The van der Waals surface area contributed by atoms with Crippen molar-refractivity contribution in [1.29, 1.82) is 0 Å². The lowest BCUT2D eigenvalue weighted by atomic mass is 10.1. The summed E-state index contributed by atoms with van der Waals surface area (Å²) in [4.78, 5) is 16.6. The Labute approximate surface area is 163 Å². The highest BCUT2D eigenvalue weighted by molar-refractivity contribution is 6.13. The van der Waals surface area contributed by atoms with Crippen molar-refractivity contribution in [1.82, 2.24) is 0 Å². The molecule has 0 amide bonds. The van der Waals surface area contributed by atoms with E-state index in [1.54, 1.807) is 18.2 Å². The molecule has 0 spiro atoms. The molecule has 0 N–H and O–H groups in total. The molecule has 0 saturated carbocycles. The average Bonchev–Trinajstić information content (AvgIpc) is 3.08. The summed E-state index contributed by atoms with van der Waals surface area (Å²) in [5, 5.41) is 0. The molecule has 1 aliphatic heterocycles. The third-order valence-corrected chi connectivity index (χ3v) is 4.03. The number of rotatable bonds is 7. The number of hydrogen-bond acceptors (Lipinski definition) is 7. The minimum atomic E-state index is -0.530. The van der Waals surface area contributed by atoms with Gasteiger partial charge in [0.05, 0.1) is 27.9 Å². The molecule has 0 radical (unpaired) electrons. The first-order valence-electron chi connectivity index (χ1n) is 8.65. The molecule has 0 aliphatic carbocycles. The molecule has 0 saturated heterocycles. The Morgan fingerprint density at radius 3 is 2.18 bits per heavy atom. The fourth-order valence-corrected chi connectivity index (χ4v) is 2.72. The quantitative estimate of drug-likeness (QED) is 0.538. The summed E-state index contributed by atoms with van der Waals surface area (Å²) < 4.78 is 26.7. The maximum atomic E-state index is 12.2. The first-order valence-corrected chi connectivity index (χ1v) is 8.65. The van der Waals surface area contributed by atoms with Crippen LogP contribution in [0.2, 0.25) is 0 Å². The van der Waals surface area contributed by atoms with E-state index < -0.39 is 5.97 Å². The van der Waals surface area contributed by atoms with Crippen molar-refractivity contribution in [2.45, 2.75) is 6.92 Å². The molecule has 146 valence electrons. The average molecular weight is 383 g/mol. The topological polar surface area (TPSA) is 75.6 Å². The van der Waals surface area contributed by atoms with Gasteiger partial charge in [-0.25, -0.2) is 9.79 Å². The number of benzene rings is 2. The van der Waals surface area contributed by atoms with Crippen LogP contribution in [-0.2, 0) is 9.53 Å². The molecule has 7 nitrogen and oxygen atoms in total. The van der Waals surface area contributed by atoms with Gasteiger partial charge in [-0.15, -0.1) is 0 Å². The minimum absolute atomic E-state index is 0.168. The maximum absolute atomic E-state index is 12.2. The second kappa shape index (κ2) is 8.47. The van der Waals surface area contributed by atoms with Gasteiger partial charge in [-0.1, -0.05) is 12.1 Å². The molecule has 0 fully saturated rings. The van der Waals surface area contributed by atoms with Crippen molar-refractivity contribution in [3.05, 3.63) is 53.2 Å². The standard InChI is InChI=1S/C21H21NO6/c1-5-27-15-8-6-13(7-9-15)10-16-21(23)28-20(22-16)14-11-17(24-2)19(26-4)18(12-14)25-3/h6-12H,5H2,1-4H3/b16-10-. The molecular weight excluding hydrogens is 362 g/mol. The molecule has 28 heavy (non-hydrogen) atoms. The van der Waals surface area contributed by atoms with E-state index in [0.29, 0.717) is 29.4 Å². The zero-order valence-corrected chi connectivity index (χ0v) is 16.1. The number of methoxy groups -OCH3 is 3. The zero-order chi connectivity index (χ0) is 20.1. The van der Waals surface area contributed by atoms with Crippen molar-refractivity contribution in [3.8, 4) is 23.0 Å². The Bertz CT molecular complexity index is 905. The number of esters is 1. The van der Waals surface area contributed by atoms with E-state index in [2.05, 4.69) is 4.99 Å². The van der Waals surface area contributed by atoms with Crippen LogP contribution in [0.25, 0.3) is 6.08 Å². The van der Waals surface area contributed by atoms with Crippen molar-refractivity contribution < 1.29 is 28.5 Å². The summed E-state index contributed by atoms with van der Waals surface area (Å²) in [5.74, 6) is 1.74. The highest BCUT2D eigenvalue weighted by Gasteiger charge is 2.26. The van der Waals surface area contributed by atoms with Gasteiger partial charge in [0.2, 0.25) is 11.6 Å². The number of carbonyl (C=O) groups is 1. The first kappa shape index (κ1) is 19.3. The van der Waals surface area contributed by atoms with Crippen molar-refractivity contribution in [3.63, 3.8) is 0 Å². The lowest BCUT2D eigenvalue weighted by molar-refractivity contribution is -0.129. The smallest absolute Gasteiger partial charge is 0.363 e. The van der Waals surface area contributed by atoms with E-state index in [4.69, 9.17) is 23.7 Å². The first-order chi connectivity index (χ1) is 13.6. The fourth-order valence-electron chi connectivity index (χ4n) is 2.72. The van der Waals surface area contributed by atoms with E-state index >= 15 is 0 Å². The second-order valence-electron chi connectivity index (χ2n) is 5.75. The van der Waals surface area contributed by atoms with Crippen LogP contribution < -0.4 is 18.9 Å². The number of ether oxygens (including phenoxy) is 5. The Morgan fingerprint density at radius 2 is 1.64 bits per heavy atom. The van der Waals surface area contributed by atoms with Crippen LogP contribution in [0.15, 0.2) is 47.1 Å². The predicted molar refractivity (Wildman–Crippen MR) is 104 cm³/mol. The molecule has 2 aromatic rings. The number of cyclic esters (lactones) is 1. The summed E-state index contributed by atoms with van der Waals surface area (Å²) in [6.45, 7) is 2.51. The van der Waals surface area contributed by atoms with Gasteiger partial charge in [0, 0.05) is 5.56 Å². The van der Waals surface area contributed by atoms with Gasteiger partial charge in [0.15, 0.2) is 17.2 Å². The summed E-state index contributed by atoms with van der Waals surface area (Å²) in [5.41, 5.74) is 1.55. The molecular formula is C21H21NO6.